The highest BCUT2D eigenvalue weighted by Gasteiger charge is 2.62. The van der Waals surface area contributed by atoms with Crippen molar-refractivity contribution < 1.29 is 37.3 Å². The van der Waals surface area contributed by atoms with Crippen LogP contribution in [-0.2, 0) is 9.53 Å². The summed E-state index contributed by atoms with van der Waals surface area (Å²) in [4.78, 5) is 23.1. The lowest BCUT2D eigenvalue weighted by Crippen LogP contribution is -2.64. The molecule has 9 heteroatoms. The molecule has 1 atom stereocenters. The Labute approximate surface area is 123 Å². The number of halogens is 3. The summed E-state index contributed by atoms with van der Waals surface area (Å²) in [5.41, 5.74) is -4.33. The van der Waals surface area contributed by atoms with Crippen molar-refractivity contribution in [1.82, 2.24) is 5.32 Å². The number of methoxy groups -OCH3 is 1. The quantitative estimate of drug-likeness (QED) is 0.629. The predicted octanol–water partition coefficient (Wildman–Crippen LogP) is 1.24. The van der Waals surface area contributed by atoms with Crippen molar-refractivity contribution in [2.45, 2.75) is 18.8 Å². The van der Waals surface area contributed by atoms with E-state index in [1.165, 1.54) is 43.6 Å². The summed E-state index contributed by atoms with van der Waals surface area (Å²) in [5, 5.41) is 10.8. The van der Waals surface area contributed by atoms with Crippen molar-refractivity contribution in [2.24, 2.45) is 0 Å². The largest absolute Gasteiger partial charge is 0.497 e. The molecule has 2 N–H and O–H groups in total. The van der Waals surface area contributed by atoms with Crippen LogP contribution in [0.15, 0.2) is 24.3 Å². The number of nitrogens with one attached hydrogen (secondary N) is 1. The molecule has 0 aliphatic carbocycles. The Kier molecular flexibility index (Phi) is 5.37. The molecule has 122 valence electrons. The van der Waals surface area contributed by atoms with Crippen LogP contribution < -0.4 is 10.1 Å². The standard InChI is InChI=1S/C13H14F3NO5/c1-3-22-11(19)12(20,13(14,15)16)17-10(18)8-4-6-9(21-2)7-5-8/h4-7,20H,3H2,1-2H3,(H,17,18)/t12-/m1/s1. The number of benzene rings is 1. The van der Waals surface area contributed by atoms with Gasteiger partial charge in [-0.1, -0.05) is 0 Å². The molecule has 0 bridgehead atoms. The number of hydrogen-bond acceptors (Lipinski definition) is 5. The lowest BCUT2D eigenvalue weighted by molar-refractivity contribution is -0.269. The highest BCUT2D eigenvalue weighted by molar-refractivity contribution is 5.98. The van der Waals surface area contributed by atoms with Gasteiger partial charge in [0.2, 0.25) is 0 Å². The van der Waals surface area contributed by atoms with E-state index in [4.69, 9.17) is 4.74 Å². The summed E-state index contributed by atoms with van der Waals surface area (Å²) in [5.74, 6) is -2.92. The van der Waals surface area contributed by atoms with Crippen LogP contribution in [0.5, 0.6) is 5.75 Å². The van der Waals surface area contributed by atoms with E-state index in [2.05, 4.69) is 4.74 Å². The highest BCUT2D eigenvalue weighted by atomic mass is 19.4. The average Bonchev–Trinajstić information content (AvgIpc) is 2.46. The van der Waals surface area contributed by atoms with Crippen molar-refractivity contribution in [1.29, 1.82) is 0 Å². The van der Waals surface area contributed by atoms with Gasteiger partial charge < -0.3 is 19.9 Å². The first-order valence-corrected chi connectivity index (χ1v) is 6.08. The van der Waals surface area contributed by atoms with E-state index < -0.39 is 30.4 Å². The minimum absolute atomic E-state index is 0.201. The number of ether oxygens (including phenoxy) is 2. The van der Waals surface area contributed by atoms with Crippen LogP contribution in [0.2, 0.25) is 0 Å². The van der Waals surface area contributed by atoms with E-state index in [0.717, 1.165) is 0 Å². The number of rotatable bonds is 5. The number of carbonyl (C=O) groups excluding carboxylic acids is 2. The Morgan fingerprint density at radius 3 is 2.18 bits per heavy atom. The van der Waals surface area contributed by atoms with Gasteiger partial charge in [-0.25, -0.2) is 4.79 Å². The fourth-order valence-electron chi connectivity index (χ4n) is 1.45. The third-order valence-electron chi connectivity index (χ3n) is 2.63. The number of carbonyl (C=O) groups is 2. The van der Waals surface area contributed by atoms with Gasteiger partial charge in [0.1, 0.15) is 5.75 Å². The van der Waals surface area contributed by atoms with Crippen molar-refractivity contribution >= 4 is 11.9 Å². The van der Waals surface area contributed by atoms with Gasteiger partial charge in [-0.2, -0.15) is 13.2 Å². The van der Waals surface area contributed by atoms with Crippen LogP contribution in [-0.4, -0.2) is 42.6 Å². The summed E-state index contributed by atoms with van der Waals surface area (Å²) < 4.78 is 47.7. The Bertz CT molecular complexity index is 544. The maximum absolute atomic E-state index is 12.9. The van der Waals surface area contributed by atoms with Crippen LogP contribution in [0.1, 0.15) is 17.3 Å². The van der Waals surface area contributed by atoms with Crippen molar-refractivity contribution in [3.63, 3.8) is 0 Å². The first-order valence-electron chi connectivity index (χ1n) is 6.08. The minimum atomic E-state index is -5.44. The smallest absolute Gasteiger partial charge is 0.448 e. The van der Waals surface area contributed by atoms with Crippen LogP contribution in [0.25, 0.3) is 0 Å². The van der Waals surface area contributed by atoms with Gasteiger partial charge in [-0.15, -0.1) is 0 Å². The molecule has 0 aromatic heterocycles. The topological polar surface area (TPSA) is 84.9 Å². The minimum Gasteiger partial charge on any atom is -0.497 e. The lowest BCUT2D eigenvalue weighted by Gasteiger charge is -2.28. The zero-order chi connectivity index (χ0) is 17.0. The lowest BCUT2D eigenvalue weighted by atomic mass is 10.1. The molecule has 0 spiro atoms. The number of aliphatic hydroxyl groups is 1. The zero-order valence-electron chi connectivity index (χ0n) is 11.7. The average molecular weight is 321 g/mol. The van der Waals surface area contributed by atoms with Crippen LogP contribution >= 0.6 is 0 Å². The van der Waals surface area contributed by atoms with E-state index in [1.807, 2.05) is 0 Å². The second-order valence-corrected chi connectivity index (χ2v) is 4.11. The molecule has 6 nitrogen and oxygen atoms in total. The monoisotopic (exact) mass is 321 g/mol. The molecule has 22 heavy (non-hydrogen) atoms. The van der Waals surface area contributed by atoms with E-state index in [-0.39, 0.29) is 5.56 Å². The SMILES string of the molecule is CCOC(=O)[C@](O)(NC(=O)c1ccc(OC)cc1)C(F)(F)F. The Morgan fingerprint density at radius 1 is 1.23 bits per heavy atom. The second kappa shape index (κ2) is 6.65. The summed E-state index contributed by atoms with van der Waals surface area (Å²) in [6, 6.07) is 5.03. The fraction of sp³-hybridized carbons (Fsp3) is 0.385. The summed E-state index contributed by atoms with van der Waals surface area (Å²) in [6.07, 6.45) is -5.44. The predicted molar refractivity (Wildman–Crippen MR) is 68.1 cm³/mol. The second-order valence-electron chi connectivity index (χ2n) is 4.11. The van der Waals surface area contributed by atoms with Crippen LogP contribution in [0.4, 0.5) is 13.2 Å². The van der Waals surface area contributed by atoms with Crippen molar-refractivity contribution in [2.75, 3.05) is 13.7 Å². The molecule has 0 saturated heterocycles. The summed E-state index contributed by atoms with van der Waals surface area (Å²) in [6.45, 7) is 0.871. The van der Waals surface area contributed by atoms with Gasteiger partial charge >= 0.3 is 17.9 Å². The van der Waals surface area contributed by atoms with Gasteiger partial charge in [0.05, 0.1) is 13.7 Å². The number of alkyl halides is 3. The van der Waals surface area contributed by atoms with E-state index in [0.29, 0.717) is 5.75 Å². The normalized spacial score (nSPS) is 13.9. The molecule has 0 unspecified atom stereocenters. The first-order chi connectivity index (χ1) is 10.2. The molecule has 0 fully saturated rings. The number of esters is 1. The third-order valence-corrected chi connectivity index (χ3v) is 2.63. The highest BCUT2D eigenvalue weighted by Crippen LogP contribution is 2.30. The maximum Gasteiger partial charge on any atom is 0.448 e. The molecule has 1 amide bonds. The number of hydrogen-bond donors (Lipinski definition) is 2. The molecular weight excluding hydrogens is 307 g/mol. The van der Waals surface area contributed by atoms with Gasteiger partial charge in [-0.05, 0) is 31.2 Å². The molecule has 0 aliphatic heterocycles. The van der Waals surface area contributed by atoms with Gasteiger partial charge in [0, 0.05) is 5.56 Å². The van der Waals surface area contributed by atoms with Crippen LogP contribution in [0, 0.1) is 0 Å². The fourth-order valence-corrected chi connectivity index (χ4v) is 1.45. The zero-order valence-corrected chi connectivity index (χ0v) is 11.7. The van der Waals surface area contributed by atoms with E-state index >= 15 is 0 Å². The molecule has 0 saturated carbocycles. The first kappa shape index (κ1) is 17.8. The molecular formula is C13H14F3NO5. The van der Waals surface area contributed by atoms with Gasteiger partial charge in [-0.3, -0.25) is 4.79 Å². The third kappa shape index (κ3) is 3.67. The molecule has 0 heterocycles. The Balaban J connectivity index is 3.03. The maximum atomic E-state index is 12.9. The molecule has 1 aromatic carbocycles. The summed E-state index contributed by atoms with van der Waals surface area (Å²) in [7, 11) is 1.37. The summed E-state index contributed by atoms with van der Waals surface area (Å²) >= 11 is 0. The molecule has 1 rings (SSSR count). The van der Waals surface area contributed by atoms with Gasteiger partial charge in [0.25, 0.3) is 5.91 Å². The van der Waals surface area contributed by atoms with E-state index in [1.54, 1.807) is 0 Å². The van der Waals surface area contributed by atoms with Crippen LogP contribution in [0.3, 0.4) is 0 Å². The molecule has 0 aliphatic rings. The van der Waals surface area contributed by atoms with E-state index in [9.17, 15) is 27.9 Å². The number of amides is 1. The molecule has 1 aromatic rings. The van der Waals surface area contributed by atoms with Crippen molar-refractivity contribution in [3.05, 3.63) is 29.8 Å². The Hall–Kier alpha value is -2.29. The van der Waals surface area contributed by atoms with Crippen molar-refractivity contribution in [3.8, 4) is 5.75 Å². The molecule has 0 radical (unpaired) electrons. The van der Waals surface area contributed by atoms with Gasteiger partial charge in [0.15, 0.2) is 0 Å². The Morgan fingerprint density at radius 2 is 1.77 bits per heavy atom.